The molecule has 0 saturated heterocycles. The summed E-state index contributed by atoms with van der Waals surface area (Å²) in [6.07, 6.45) is 0. The molecule has 2 N–H and O–H groups in total. The Morgan fingerprint density at radius 2 is 2.22 bits per heavy atom. The highest BCUT2D eigenvalue weighted by molar-refractivity contribution is 7.09. The summed E-state index contributed by atoms with van der Waals surface area (Å²) < 4.78 is 0. The molecule has 0 fully saturated rings. The molecule has 0 aliphatic carbocycles. The standard InChI is InChI=1S/C13H14N2O2S/c1-8-3-4-12(11(5-8)13(16)17)14-6-10-7-18-9(2)15-10/h3-5,7,14H,6H2,1-2H3,(H,16,17). The number of hydrogen-bond acceptors (Lipinski definition) is 4. The van der Waals surface area contributed by atoms with Gasteiger partial charge in [-0.15, -0.1) is 11.3 Å². The SMILES string of the molecule is Cc1ccc(NCc2csc(C)n2)c(C(=O)O)c1. The van der Waals surface area contributed by atoms with Crippen molar-refractivity contribution in [3.05, 3.63) is 45.4 Å². The number of hydrogen-bond donors (Lipinski definition) is 2. The zero-order chi connectivity index (χ0) is 13.1. The number of carboxylic acid groups (broad SMARTS) is 1. The second-order valence-electron chi connectivity index (χ2n) is 4.07. The molecule has 0 saturated carbocycles. The molecular weight excluding hydrogens is 248 g/mol. The smallest absolute Gasteiger partial charge is 0.337 e. The highest BCUT2D eigenvalue weighted by Crippen LogP contribution is 2.18. The molecule has 5 heteroatoms. The number of aromatic carboxylic acids is 1. The summed E-state index contributed by atoms with van der Waals surface area (Å²) in [7, 11) is 0. The third kappa shape index (κ3) is 2.87. The van der Waals surface area contributed by atoms with Gasteiger partial charge in [0.2, 0.25) is 0 Å². The first kappa shape index (κ1) is 12.6. The molecule has 2 aromatic rings. The van der Waals surface area contributed by atoms with Gasteiger partial charge in [-0.3, -0.25) is 0 Å². The van der Waals surface area contributed by atoms with Gasteiger partial charge in [-0.2, -0.15) is 0 Å². The van der Waals surface area contributed by atoms with Crippen molar-refractivity contribution in [3.8, 4) is 0 Å². The minimum Gasteiger partial charge on any atom is -0.478 e. The van der Waals surface area contributed by atoms with Gasteiger partial charge >= 0.3 is 5.97 Å². The molecule has 1 aromatic heterocycles. The molecule has 1 heterocycles. The Hall–Kier alpha value is -1.88. The van der Waals surface area contributed by atoms with E-state index >= 15 is 0 Å². The Morgan fingerprint density at radius 3 is 2.83 bits per heavy atom. The van der Waals surface area contributed by atoms with Crippen LogP contribution in [-0.2, 0) is 6.54 Å². The lowest BCUT2D eigenvalue weighted by Gasteiger charge is -2.09. The van der Waals surface area contributed by atoms with Gasteiger partial charge in [-0.25, -0.2) is 9.78 Å². The highest BCUT2D eigenvalue weighted by atomic mass is 32.1. The zero-order valence-corrected chi connectivity index (χ0v) is 11.0. The van der Waals surface area contributed by atoms with Crippen molar-refractivity contribution in [2.75, 3.05) is 5.32 Å². The van der Waals surface area contributed by atoms with E-state index in [2.05, 4.69) is 10.3 Å². The molecule has 0 unspecified atom stereocenters. The predicted octanol–water partition coefficient (Wildman–Crippen LogP) is 3.07. The van der Waals surface area contributed by atoms with Gasteiger partial charge in [0.15, 0.2) is 0 Å². The fourth-order valence-electron chi connectivity index (χ4n) is 1.66. The maximum absolute atomic E-state index is 11.1. The van der Waals surface area contributed by atoms with Crippen LogP contribution in [0.3, 0.4) is 0 Å². The fourth-order valence-corrected chi connectivity index (χ4v) is 2.28. The van der Waals surface area contributed by atoms with E-state index in [1.165, 1.54) is 0 Å². The molecule has 4 nitrogen and oxygen atoms in total. The van der Waals surface area contributed by atoms with Crippen LogP contribution in [0.1, 0.15) is 26.6 Å². The molecule has 1 aromatic carbocycles. The lowest BCUT2D eigenvalue weighted by atomic mass is 10.1. The minimum absolute atomic E-state index is 0.293. The molecule has 0 spiro atoms. The van der Waals surface area contributed by atoms with E-state index in [1.54, 1.807) is 23.5 Å². The van der Waals surface area contributed by atoms with Crippen molar-refractivity contribution in [1.29, 1.82) is 0 Å². The number of aromatic nitrogens is 1. The van der Waals surface area contributed by atoms with E-state index in [-0.39, 0.29) is 0 Å². The summed E-state index contributed by atoms with van der Waals surface area (Å²) >= 11 is 1.59. The first-order valence-corrected chi connectivity index (χ1v) is 6.43. The Balaban J connectivity index is 2.16. The summed E-state index contributed by atoms with van der Waals surface area (Å²) in [4.78, 5) is 15.5. The lowest BCUT2D eigenvalue weighted by molar-refractivity contribution is 0.0698. The maximum Gasteiger partial charge on any atom is 0.337 e. The molecule has 0 aliphatic rings. The minimum atomic E-state index is -0.921. The second-order valence-corrected chi connectivity index (χ2v) is 5.13. The van der Waals surface area contributed by atoms with Gasteiger partial charge < -0.3 is 10.4 Å². The number of carboxylic acids is 1. The molecule has 0 amide bonds. The topological polar surface area (TPSA) is 62.2 Å². The van der Waals surface area contributed by atoms with Gasteiger partial charge in [0.05, 0.1) is 22.8 Å². The van der Waals surface area contributed by atoms with Crippen LogP contribution in [-0.4, -0.2) is 16.1 Å². The Labute approximate surface area is 109 Å². The maximum atomic E-state index is 11.1. The number of aryl methyl sites for hydroxylation is 2. The van der Waals surface area contributed by atoms with Crippen LogP contribution in [0.5, 0.6) is 0 Å². The molecule has 94 valence electrons. The van der Waals surface area contributed by atoms with E-state index < -0.39 is 5.97 Å². The Kier molecular flexibility index (Phi) is 3.62. The van der Waals surface area contributed by atoms with E-state index in [1.807, 2.05) is 25.3 Å². The van der Waals surface area contributed by atoms with E-state index in [0.717, 1.165) is 16.3 Å². The molecule has 0 aliphatic heterocycles. The highest BCUT2D eigenvalue weighted by Gasteiger charge is 2.10. The van der Waals surface area contributed by atoms with E-state index in [4.69, 9.17) is 5.11 Å². The molecule has 18 heavy (non-hydrogen) atoms. The summed E-state index contributed by atoms with van der Waals surface area (Å²) in [6.45, 7) is 4.36. The van der Waals surface area contributed by atoms with Crippen LogP contribution < -0.4 is 5.32 Å². The first-order valence-electron chi connectivity index (χ1n) is 5.55. The van der Waals surface area contributed by atoms with Crippen molar-refractivity contribution < 1.29 is 9.90 Å². The van der Waals surface area contributed by atoms with Crippen LogP contribution in [0.4, 0.5) is 5.69 Å². The summed E-state index contributed by atoms with van der Waals surface area (Å²) in [5.41, 5.74) is 2.78. The number of anilines is 1. The van der Waals surface area contributed by atoms with Crippen molar-refractivity contribution in [1.82, 2.24) is 4.98 Å². The molecule has 0 atom stereocenters. The Morgan fingerprint density at radius 1 is 1.44 bits per heavy atom. The largest absolute Gasteiger partial charge is 0.478 e. The Bertz CT molecular complexity index is 578. The van der Waals surface area contributed by atoms with Crippen molar-refractivity contribution in [3.63, 3.8) is 0 Å². The van der Waals surface area contributed by atoms with Crippen LogP contribution >= 0.6 is 11.3 Å². The fraction of sp³-hybridized carbons (Fsp3) is 0.231. The molecule has 0 radical (unpaired) electrons. The number of nitrogens with one attached hydrogen (secondary N) is 1. The van der Waals surface area contributed by atoms with Crippen molar-refractivity contribution in [2.45, 2.75) is 20.4 Å². The van der Waals surface area contributed by atoms with Crippen molar-refractivity contribution >= 4 is 23.0 Å². The molecule has 2 rings (SSSR count). The van der Waals surface area contributed by atoms with Crippen LogP contribution in [0, 0.1) is 13.8 Å². The second kappa shape index (κ2) is 5.18. The van der Waals surface area contributed by atoms with Gasteiger partial charge in [0, 0.05) is 11.1 Å². The van der Waals surface area contributed by atoms with E-state index in [0.29, 0.717) is 17.8 Å². The monoisotopic (exact) mass is 262 g/mol. The predicted molar refractivity (Wildman–Crippen MR) is 72.3 cm³/mol. The van der Waals surface area contributed by atoms with Gasteiger partial charge in [0.25, 0.3) is 0 Å². The van der Waals surface area contributed by atoms with Crippen LogP contribution in [0.2, 0.25) is 0 Å². The molecular formula is C13H14N2O2S. The first-order chi connectivity index (χ1) is 8.56. The van der Waals surface area contributed by atoms with Gasteiger partial charge in [0.1, 0.15) is 0 Å². The summed E-state index contributed by atoms with van der Waals surface area (Å²) in [5.74, 6) is -0.921. The number of rotatable bonds is 4. The normalized spacial score (nSPS) is 10.3. The third-order valence-electron chi connectivity index (χ3n) is 2.53. The average molecular weight is 262 g/mol. The quantitative estimate of drug-likeness (QED) is 0.889. The zero-order valence-electron chi connectivity index (χ0n) is 10.2. The summed E-state index contributed by atoms with van der Waals surface area (Å²) in [6, 6.07) is 5.34. The number of nitrogens with zero attached hydrogens (tertiary/aromatic N) is 1. The average Bonchev–Trinajstić information content (AvgIpc) is 2.73. The van der Waals surface area contributed by atoms with Gasteiger partial charge in [-0.1, -0.05) is 11.6 Å². The van der Waals surface area contributed by atoms with Crippen LogP contribution in [0.25, 0.3) is 0 Å². The van der Waals surface area contributed by atoms with E-state index in [9.17, 15) is 4.79 Å². The summed E-state index contributed by atoms with van der Waals surface area (Å²) in [5, 5.41) is 15.2. The number of carbonyl (C=O) groups is 1. The van der Waals surface area contributed by atoms with Gasteiger partial charge in [-0.05, 0) is 26.0 Å². The molecule has 0 bridgehead atoms. The lowest BCUT2D eigenvalue weighted by Crippen LogP contribution is -2.07. The third-order valence-corrected chi connectivity index (χ3v) is 3.35. The number of benzene rings is 1. The van der Waals surface area contributed by atoms with Crippen molar-refractivity contribution in [2.24, 2.45) is 0 Å². The van der Waals surface area contributed by atoms with Crippen LogP contribution in [0.15, 0.2) is 23.6 Å². The number of thiazole rings is 1.